The molecule has 64 heavy (non-hydrogen) atoms. The van der Waals surface area contributed by atoms with Crippen LogP contribution in [0.5, 0.6) is 23.0 Å². The molecule has 0 fully saturated rings. The van der Waals surface area contributed by atoms with Gasteiger partial charge in [-0.2, -0.15) is 0 Å². The summed E-state index contributed by atoms with van der Waals surface area (Å²) in [5.41, 5.74) is 16.1. The molecule has 10 aromatic carbocycles. The lowest BCUT2D eigenvalue weighted by atomic mass is 9.84. The number of hydrogen-bond acceptors (Lipinski definition) is 4. The van der Waals surface area contributed by atoms with Crippen LogP contribution >= 0.6 is 0 Å². The molecule has 0 saturated heterocycles. The number of aryl methyl sites for hydroxylation is 1. The molecule has 0 saturated carbocycles. The SMILES string of the molecule is C1=Cc2c(cccc2-c2ccc(-c3c4ccc(N5c6ccccc6Oc6ccccc65)cc4c(-c4ccccc4)c4ccc(N5c6ccccc6Oc6ccccc65)cc34)cc2)CC1. The van der Waals surface area contributed by atoms with E-state index in [1.165, 1.54) is 54.9 Å². The predicted molar refractivity (Wildman–Crippen MR) is 265 cm³/mol. The zero-order valence-electron chi connectivity index (χ0n) is 34.9. The van der Waals surface area contributed by atoms with Crippen LogP contribution in [0.4, 0.5) is 34.1 Å². The quantitative estimate of drug-likeness (QED) is 0.162. The van der Waals surface area contributed by atoms with Crippen molar-refractivity contribution < 1.29 is 9.47 Å². The molecule has 0 atom stereocenters. The highest BCUT2D eigenvalue weighted by Crippen LogP contribution is 2.54. The molecule has 0 aromatic heterocycles. The molecule has 3 aliphatic rings. The summed E-state index contributed by atoms with van der Waals surface area (Å²) in [5, 5.41) is 4.71. The summed E-state index contributed by atoms with van der Waals surface area (Å²) in [6.45, 7) is 0. The lowest BCUT2D eigenvalue weighted by Crippen LogP contribution is -2.15. The third-order valence-corrected chi connectivity index (χ3v) is 13.1. The first-order valence-electron chi connectivity index (χ1n) is 22.1. The summed E-state index contributed by atoms with van der Waals surface area (Å²) in [5.74, 6) is 3.32. The number of anilines is 6. The zero-order chi connectivity index (χ0) is 42.1. The normalized spacial score (nSPS) is 13.3. The van der Waals surface area contributed by atoms with Crippen LogP contribution < -0.4 is 19.3 Å². The maximum Gasteiger partial charge on any atom is 0.151 e. The van der Waals surface area contributed by atoms with Gasteiger partial charge in [0.1, 0.15) is 0 Å². The van der Waals surface area contributed by atoms with E-state index in [2.05, 4.69) is 192 Å². The lowest BCUT2D eigenvalue weighted by Gasteiger charge is -2.33. The van der Waals surface area contributed by atoms with Crippen LogP contribution in [0.25, 0.3) is 61.0 Å². The molecule has 10 aromatic rings. The van der Waals surface area contributed by atoms with Crippen molar-refractivity contribution in [2.45, 2.75) is 12.8 Å². The largest absolute Gasteiger partial charge is 0.453 e. The fourth-order valence-corrected chi connectivity index (χ4v) is 10.2. The first-order valence-corrected chi connectivity index (χ1v) is 22.1. The van der Waals surface area contributed by atoms with Gasteiger partial charge in [0.05, 0.1) is 22.7 Å². The van der Waals surface area contributed by atoms with Crippen LogP contribution in [-0.4, -0.2) is 0 Å². The van der Waals surface area contributed by atoms with E-state index in [1.807, 2.05) is 36.4 Å². The molecule has 2 heterocycles. The van der Waals surface area contributed by atoms with E-state index in [0.717, 1.165) is 81.1 Å². The van der Waals surface area contributed by atoms with Crippen molar-refractivity contribution in [2.24, 2.45) is 0 Å². The van der Waals surface area contributed by atoms with Crippen LogP contribution in [0.2, 0.25) is 0 Å². The summed E-state index contributed by atoms with van der Waals surface area (Å²) >= 11 is 0. The standard InChI is InChI=1S/C60H40N2O2/c1-2-16-41(17-3-1)59-47-35-33-44(62-53-23-8-12-27-57(53)64-58-28-13-9-24-54(58)62)38-50(47)60(42-31-29-40(30-32-42)46-20-14-18-39-15-4-5-19-45(39)46)48-36-34-43(37-49(48)59)61-51-21-6-10-25-55(51)63-56-26-11-7-22-52(56)61/h1-3,5-14,16-38H,4,15H2. The Balaban J connectivity index is 1.09. The van der Waals surface area contributed by atoms with Crippen molar-refractivity contribution in [1.29, 1.82) is 0 Å². The number of rotatable bonds is 5. The van der Waals surface area contributed by atoms with E-state index < -0.39 is 0 Å². The Bertz CT molecular complexity index is 3430. The Hall–Kier alpha value is -8.34. The highest BCUT2D eigenvalue weighted by atomic mass is 16.5. The Labute approximate surface area is 372 Å². The summed E-state index contributed by atoms with van der Waals surface area (Å²) < 4.78 is 12.9. The third-order valence-electron chi connectivity index (χ3n) is 13.1. The molecule has 1 aliphatic carbocycles. The summed E-state index contributed by atoms with van der Waals surface area (Å²) in [4.78, 5) is 4.68. The fraction of sp³-hybridized carbons (Fsp3) is 0.0333. The molecule has 0 bridgehead atoms. The molecule has 4 heteroatoms. The molecule has 4 nitrogen and oxygen atoms in total. The van der Waals surface area contributed by atoms with Crippen LogP contribution in [0.3, 0.4) is 0 Å². The summed E-state index contributed by atoms with van der Waals surface area (Å²) in [6.07, 6.45) is 6.77. The Kier molecular flexibility index (Phi) is 8.31. The first-order chi connectivity index (χ1) is 31.7. The van der Waals surface area contributed by atoms with Gasteiger partial charge in [0.15, 0.2) is 23.0 Å². The minimum absolute atomic E-state index is 0.831. The van der Waals surface area contributed by atoms with Crippen LogP contribution in [0, 0.1) is 0 Å². The van der Waals surface area contributed by atoms with Crippen molar-refractivity contribution in [3.05, 3.63) is 223 Å². The minimum Gasteiger partial charge on any atom is -0.453 e. The Morgan fingerprint density at radius 1 is 0.359 bits per heavy atom. The van der Waals surface area contributed by atoms with Crippen molar-refractivity contribution in [3.63, 3.8) is 0 Å². The number of ether oxygens (including phenoxy) is 2. The monoisotopic (exact) mass is 820 g/mol. The Morgan fingerprint density at radius 3 is 1.33 bits per heavy atom. The number of benzene rings is 10. The smallest absolute Gasteiger partial charge is 0.151 e. The third kappa shape index (κ3) is 5.76. The molecular formula is C60H40N2O2. The van der Waals surface area contributed by atoms with Gasteiger partial charge in [0, 0.05) is 11.4 Å². The van der Waals surface area contributed by atoms with E-state index in [4.69, 9.17) is 9.47 Å². The van der Waals surface area contributed by atoms with Crippen molar-refractivity contribution in [2.75, 3.05) is 9.80 Å². The van der Waals surface area contributed by atoms with Gasteiger partial charge in [-0.25, -0.2) is 0 Å². The van der Waals surface area contributed by atoms with Gasteiger partial charge >= 0.3 is 0 Å². The van der Waals surface area contributed by atoms with Gasteiger partial charge in [-0.3, -0.25) is 0 Å². The number of fused-ring (bicyclic) bond motifs is 7. The molecule has 302 valence electrons. The van der Waals surface area contributed by atoms with E-state index in [0.29, 0.717) is 0 Å². The highest BCUT2D eigenvalue weighted by Gasteiger charge is 2.29. The number of allylic oxidation sites excluding steroid dienone is 1. The van der Waals surface area contributed by atoms with E-state index >= 15 is 0 Å². The second kappa shape index (κ2) is 14.6. The van der Waals surface area contributed by atoms with Gasteiger partial charge < -0.3 is 19.3 Å². The van der Waals surface area contributed by atoms with Crippen molar-refractivity contribution in [1.82, 2.24) is 0 Å². The van der Waals surface area contributed by atoms with E-state index in [-0.39, 0.29) is 0 Å². The zero-order valence-corrected chi connectivity index (χ0v) is 34.9. The fourth-order valence-electron chi connectivity index (χ4n) is 10.2. The molecule has 0 unspecified atom stereocenters. The molecular weight excluding hydrogens is 781 g/mol. The first kappa shape index (κ1) is 36.3. The molecule has 2 aliphatic heterocycles. The second-order valence-electron chi connectivity index (χ2n) is 16.7. The molecule has 0 N–H and O–H groups in total. The van der Waals surface area contributed by atoms with E-state index in [1.54, 1.807) is 0 Å². The van der Waals surface area contributed by atoms with Crippen LogP contribution in [-0.2, 0) is 6.42 Å². The average Bonchev–Trinajstić information content (AvgIpc) is 3.36. The van der Waals surface area contributed by atoms with Gasteiger partial charge in [-0.1, -0.05) is 146 Å². The molecule has 13 rings (SSSR count). The van der Waals surface area contributed by atoms with Crippen LogP contribution in [0.15, 0.2) is 212 Å². The predicted octanol–water partition coefficient (Wildman–Crippen LogP) is 17.1. The van der Waals surface area contributed by atoms with E-state index in [9.17, 15) is 0 Å². The maximum absolute atomic E-state index is 6.47. The number of para-hydroxylation sites is 8. The van der Waals surface area contributed by atoms with Gasteiger partial charge in [0.2, 0.25) is 0 Å². The molecule has 0 amide bonds. The lowest BCUT2D eigenvalue weighted by molar-refractivity contribution is 0.477. The summed E-state index contributed by atoms with van der Waals surface area (Å²) in [6, 6.07) is 74.1. The van der Waals surface area contributed by atoms with Crippen LogP contribution in [0.1, 0.15) is 17.5 Å². The number of hydrogen-bond donors (Lipinski definition) is 0. The van der Waals surface area contributed by atoms with Gasteiger partial charge in [-0.05, 0) is 152 Å². The highest BCUT2D eigenvalue weighted by molar-refractivity contribution is 6.23. The second-order valence-corrected chi connectivity index (χ2v) is 16.7. The van der Waals surface area contributed by atoms with Crippen molar-refractivity contribution in [3.8, 4) is 56.4 Å². The average molecular weight is 821 g/mol. The Morgan fingerprint density at radius 2 is 0.812 bits per heavy atom. The maximum atomic E-state index is 6.47. The minimum atomic E-state index is 0.831. The van der Waals surface area contributed by atoms with Crippen molar-refractivity contribution >= 4 is 61.7 Å². The topological polar surface area (TPSA) is 24.9 Å². The van der Waals surface area contributed by atoms with Gasteiger partial charge in [-0.15, -0.1) is 0 Å². The molecule has 0 radical (unpaired) electrons. The molecule has 0 spiro atoms. The summed E-state index contributed by atoms with van der Waals surface area (Å²) in [7, 11) is 0. The number of nitrogens with zero attached hydrogens (tertiary/aromatic N) is 2. The van der Waals surface area contributed by atoms with Gasteiger partial charge in [0.25, 0.3) is 0 Å².